The summed E-state index contributed by atoms with van der Waals surface area (Å²) in [6.07, 6.45) is 2.12. The van der Waals surface area contributed by atoms with Gasteiger partial charge in [-0.1, -0.05) is 54.1 Å². The Balaban J connectivity index is 1.88. The Hall–Kier alpha value is -3.09. The predicted octanol–water partition coefficient (Wildman–Crippen LogP) is 6.04. The molecule has 166 valence electrons. The van der Waals surface area contributed by atoms with Crippen LogP contribution in [0.25, 0.3) is 5.57 Å². The highest BCUT2D eigenvalue weighted by molar-refractivity contribution is 7.99. The summed E-state index contributed by atoms with van der Waals surface area (Å²) >= 11 is 7.94. The summed E-state index contributed by atoms with van der Waals surface area (Å²) in [5.74, 6) is 1.56. The Morgan fingerprint density at radius 2 is 1.56 bits per heavy atom. The van der Waals surface area contributed by atoms with Crippen LogP contribution in [0.5, 0.6) is 17.2 Å². The van der Waals surface area contributed by atoms with E-state index in [0.717, 1.165) is 33.1 Å². The van der Waals surface area contributed by atoms with Crippen LogP contribution in [0.3, 0.4) is 0 Å². The largest absolute Gasteiger partial charge is 0.496 e. The summed E-state index contributed by atoms with van der Waals surface area (Å²) in [4.78, 5) is 11.5. The first kappa shape index (κ1) is 23.6. The van der Waals surface area contributed by atoms with Gasteiger partial charge >= 0.3 is 5.97 Å². The summed E-state index contributed by atoms with van der Waals surface area (Å²) < 4.78 is 16.4. The standard InChI is InChI=1S/C25H23ClO5S/c1-29-22-9-5-3-7-19(22)18(20-8-4-6-10-23(20)30-2)13-14-32-24-12-11-17(15-21(24)26)31-16-25(27)28/h3-13,15H,14,16H2,1-2H3,(H,27,28). The number of thioether (sulfide) groups is 1. The van der Waals surface area contributed by atoms with Crippen molar-refractivity contribution >= 4 is 34.9 Å². The van der Waals surface area contributed by atoms with Gasteiger partial charge in [-0.25, -0.2) is 4.79 Å². The zero-order valence-corrected chi connectivity index (χ0v) is 19.3. The number of benzene rings is 3. The number of hydrogen-bond acceptors (Lipinski definition) is 5. The van der Waals surface area contributed by atoms with Crippen LogP contribution in [0.15, 0.2) is 77.7 Å². The van der Waals surface area contributed by atoms with E-state index in [-0.39, 0.29) is 0 Å². The van der Waals surface area contributed by atoms with E-state index in [1.807, 2.05) is 54.6 Å². The second-order valence-corrected chi connectivity index (χ2v) is 8.07. The number of halogens is 1. The average molecular weight is 471 g/mol. The maximum Gasteiger partial charge on any atom is 0.341 e. The van der Waals surface area contributed by atoms with E-state index in [4.69, 9.17) is 30.9 Å². The third-order valence-corrected chi connectivity index (χ3v) is 6.01. The number of methoxy groups -OCH3 is 2. The van der Waals surface area contributed by atoms with E-state index in [0.29, 0.717) is 16.5 Å². The SMILES string of the molecule is COc1ccccc1C(=CCSc1ccc(OCC(=O)O)cc1Cl)c1ccccc1OC. The third-order valence-electron chi connectivity index (χ3n) is 4.59. The van der Waals surface area contributed by atoms with Gasteiger partial charge in [0.25, 0.3) is 0 Å². The van der Waals surface area contributed by atoms with Crippen molar-refractivity contribution in [1.29, 1.82) is 0 Å². The Morgan fingerprint density at radius 1 is 0.969 bits per heavy atom. The lowest BCUT2D eigenvalue weighted by atomic mass is 9.96. The Kier molecular flexibility index (Phi) is 8.48. The number of aliphatic carboxylic acids is 1. The van der Waals surface area contributed by atoms with E-state index < -0.39 is 12.6 Å². The van der Waals surface area contributed by atoms with Crippen LogP contribution in [0.1, 0.15) is 11.1 Å². The smallest absolute Gasteiger partial charge is 0.341 e. The third kappa shape index (κ3) is 5.99. The van der Waals surface area contributed by atoms with Crippen molar-refractivity contribution < 1.29 is 24.1 Å². The van der Waals surface area contributed by atoms with Crippen molar-refractivity contribution in [1.82, 2.24) is 0 Å². The van der Waals surface area contributed by atoms with Gasteiger partial charge in [0, 0.05) is 21.8 Å². The number of carbonyl (C=O) groups is 1. The topological polar surface area (TPSA) is 65.0 Å². The first-order valence-electron chi connectivity index (χ1n) is 9.77. The van der Waals surface area contributed by atoms with Gasteiger partial charge in [-0.15, -0.1) is 11.8 Å². The fraction of sp³-hybridized carbons (Fsp3) is 0.160. The number of para-hydroxylation sites is 2. The molecule has 0 atom stereocenters. The van der Waals surface area contributed by atoms with Crippen LogP contribution < -0.4 is 14.2 Å². The molecule has 0 spiro atoms. The molecule has 0 amide bonds. The number of carboxylic acid groups (broad SMARTS) is 1. The van der Waals surface area contributed by atoms with Crippen molar-refractivity contribution in [2.45, 2.75) is 4.90 Å². The van der Waals surface area contributed by atoms with Crippen LogP contribution in [-0.4, -0.2) is 37.7 Å². The van der Waals surface area contributed by atoms with Gasteiger partial charge in [0.15, 0.2) is 6.61 Å². The summed E-state index contributed by atoms with van der Waals surface area (Å²) in [6.45, 7) is -0.410. The Bertz CT molecular complexity index is 1060. The van der Waals surface area contributed by atoms with Gasteiger partial charge in [0.1, 0.15) is 17.2 Å². The molecular weight excluding hydrogens is 448 g/mol. The first-order chi connectivity index (χ1) is 15.5. The average Bonchev–Trinajstić information content (AvgIpc) is 2.81. The molecule has 0 radical (unpaired) electrons. The van der Waals surface area contributed by atoms with Crippen LogP contribution >= 0.6 is 23.4 Å². The van der Waals surface area contributed by atoms with Gasteiger partial charge in [0.05, 0.1) is 19.2 Å². The lowest BCUT2D eigenvalue weighted by Gasteiger charge is -2.16. The lowest BCUT2D eigenvalue weighted by Crippen LogP contribution is -2.09. The van der Waals surface area contributed by atoms with Crippen molar-refractivity contribution in [2.24, 2.45) is 0 Å². The molecule has 0 aromatic heterocycles. The minimum atomic E-state index is -1.04. The van der Waals surface area contributed by atoms with Crippen LogP contribution in [-0.2, 0) is 4.79 Å². The number of ether oxygens (including phenoxy) is 3. The van der Waals surface area contributed by atoms with E-state index in [1.165, 1.54) is 0 Å². The molecule has 32 heavy (non-hydrogen) atoms. The molecule has 0 aliphatic rings. The molecule has 7 heteroatoms. The van der Waals surface area contributed by atoms with Gasteiger partial charge in [0.2, 0.25) is 0 Å². The first-order valence-corrected chi connectivity index (χ1v) is 11.1. The molecular formula is C25H23ClO5S. The minimum Gasteiger partial charge on any atom is -0.496 e. The van der Waals surface area contributed by atoms with E-state index in [9.17, 15) is 4.79 Å². The summed E-state index contributed by atoms with van der Waals surface area (Å²) in [5.41, 5.74) is 2.91. The Morgan fingerprint density at radius 3 is 2.09 bits per heavy atom. The highest BCUT2D eigenvalue weighted by Crippen LogP contribution is 2.37. The highest BCUT2D eigenvalue weighted by Gasteiger charge is 2.14. The summed E-state index contributed by atoms with van der Waals surface area (Å²) in [5, 5.41) is 9.25. The number of rotatable bonds is 10. The molecule has 0 unspecified atom stereocenters. The van der Waals surface area contributed by atoms with Gasteiger partial charge < -0.3 is 19.3 Å². The van der Waals surface area contributed by atoms with Crippen molar-refractivity contribution in [3.05, 3.63) is 89.0 Å². The van der Waals surface area contributed by atoms with Crippen LogP contribution in [0.2, 0.25) is 5.02 Å². The predicted molar refractivity (Wildman–Crippen MR) is 128 cm³/mol. The number of carboxylic acids is 1. The van der Waals surface area contributed by atoms with Crippen LogP contribution in [0.4, 0.5) is 0 Å². The fourth-order valence-electron chi connectivity index (χ4n) is 3.15. The molecule has 3 aromatic carbocycles. The van der Waals surface area contributed by atoms with E-state index >= 15 is 0 Å². The van der Waals surface area contributed by atoms with Gasteiger partial charge in [-0.05, 0) is 35.9 Å². The normalized spacial score (nSPS) is 10.3. The second-order valence-electron chi connectivity index (χ2n) is 6.60. The van der Waals surface area contributed by atoms with Crippen molar-refractivity contribution in [3.8, 4) is 17.2 Å². The maximum absolute atomic E-state index is 10.7. The quantitative estimate of drug-likeness (QED) is 0.364. The molecule has 0 saturated carbocycles. The molecule has 0 bridgehead atoms. The number of hydrogen-bond donors (Lipinski definition) is 1. The maximum atomic E-state index is 10.7. The molecule has 0 saturated heterocycles. The van der Waals surface area contributed by atoms with Gasteiger partial charge in [-0.2, -0.15) is 0 Å². The minimum absolute atomic E-state index is 0.410. The second kappa shape index (κ2) is 11.5. The summed E-state index contributed by atoms with van der Waals surface area (Å²) in [6, 6.07) is 20.9. The molecule has 1 N–H and O–H groups in total. The van der Waals surface area contributed by atoms with Crippen molar-refractivity contribution in [3.63, 3.8) is 0 Å². The zero-order valence-electron chi connectivity index (χ0n) is 17.7. The fourth-order valence-corrected chi connectivity index (χ4v) is 4.27. The van der Waals surface area contributed by atoms with Crippen LogP contribution in [0, 0.1) is 0 Å². The monoisotopic (exact) mass is 470 g/mol. The molecule has 0 fully saturated rings. The molecule has 3 rings (SSSR count). The van der Waals surface area contributed by atoms with E-state index in [1.54, 1.807) is 38.1 Å². The highest BCUT2D eigenvalue weighted by atomic mass is 35.5. The lowest BCUT2D eigenvalue weighted by molar-refractivity contribution is -0.139. The molecule has 3 aromatic rings. The van der Waals surface area contributed by atoms with Crippen molar-refractivity contribution in [2.75, 3.05) is 26.6 Å². The molecule has 0 aliphatic heterocycles. The van der Waals surface area contributed by atoms with Gasteiger partial charge in [-0.3, -0.25) is 0 Å². The Labute approximate surface area is 196 Å². The molecule has 5 nitrogen and oxygen atoms in total. The zero-order chi connectivity index (χ0) is 22.9. The van der Waals surface area contributed by atoms with E-state index in [2.05, 4.69) is 6.08 Å². The summed E-state index contributed by atoms with van der Waals surface area (Å²) in [7, 11) is 3.31. The molecule has 0 heterocycles. The molecule has 0 aliphatic carbocycles.